The van der Waals surface area contributed by atoms with Gasteiger partial charge in [0, 0.05) is 117 Å². The van der Waals surface area contributed by atoms with Gasteiger partial charge in [-0.1, -0.05) is 96.3 Å². The summed E-state index contributed by atoms with van der Waals surface area (Å²) in [5.41, 5.74) is 22.4. The van der Waals surface area contributed by atoms with Crippen LogP contribution in [0.1, 0.15) is 17.0 Å². The number of allylic oxidation sites excluding steroid dienone is 2. The highest BCUT2D eigenvalue weighted by Crippen LogP contribution is 2.52. The molecule has 0 bridgehead atoms. The molecule has 2 unspecified atom stereocenters. The van der Waals surface area contributed by atoms with Crippen LogP contribution in [-0.2, 0) is 0 Å². The second kappa shape index (κ2) is 20.2. The molecule has 0 fully saturated rings. The Hall–Kier alpha value is -11.3. The van der Waals surface area contributed by atoms with Crippen molar-refractivity contribution in [3.05, 3.63) is 255 Å². The van der Waals surface area contributed by atoms with E-state index in [-0.39, 0.29) is 12.0 Å². The molecule has 0 saturated heterocycles. The first-order chi connectivity index (χ1) is 43.6. The maximum Gasteiger partial charge on any atom is 0.144 e. The largest absolute Gasteiger partial charge is 0.484 e. The molecule has 11 aromatic heterocycles. The molecule has 0 radical (unpaired) electrons. The smallest absolute Gasteiger partial charge is 0.144 e. The molecule has 412 valence electrons. The number of para-hydroxylation sites is 3. The van der Waals surface area contributed by atoms with E-state index in [2.05, 4.69) is 166 Å². The molecule has 0 amide bonds. The van der Waals surface area contributed by atoms with Crippen molar-refractivity contribution in [2.45, 2.75) is 12.0 Å². The topological polar surface area (TPSA) is 151 Å². The zero-order chi connectivity index (χ0) is 57.8. The Labute approximate surface area is 509 Å². The van der Waals surface area contributed by atoms with Crippen LogP contribution in [0, 0.1) is 0 Å². The van der Waals surface area contributed by atoms with Crippen molar-refractivity contribution in [2.75, 3.05) is 0 Å². The summed E-state index contributed by atoms with van der Waals surface area (Å²) in [7, 11) is 0. The lowest BCUT2D eigenvalue weighted by atomic mass is 9.83. The number of rotatable bonds is 9. The Bertz CT molecular complexity index is 5510. The summed E-state index contributed by atoms with van der Waals surface area (Å²) in [6.07, 6.45) is 26.5. The van der Waals surface area contributed by atoms with Gasteiger partial charge in [-0.05, 0) is 141 Å². The standard InChI is InChI=1S/C74H42N10O2S2/c1-2-8-48(47(7-1)42-21-29-76-30-22-42)60-17-18-63-66(82-60)67-74(87-63)81-40-62(84-67)56-16-6-14-54-52-12-4-10-50(69(52)86-71(54)56)49-9-3-11-51-53-13-5-15-55(70(53)85-68(49)51)61-39-80-73-65(83-61)59-37-46(38-79-72(59)88-73)64-57(43-23-31-77-32-24-43)35-45(41-19-27-75-28-20-41)36-58(64)44-25-33-78-34-26-44/h1-40,51,68H. The summed E-state index contributed by atoms with van der Waals surface area (Å²) in [6.45, 7) is 0. The van der Waals surface area contributed by atoms with Crippen LogP contribution in [0.4, 0.5) is 0 Å². The van der Waals surface area contributed by atoms with Gasteiger partial charge in [-0.25, -0.2) is 29.9 Å². The zero-order valence-corrected chi connectivity index (χ0v) is 48.0. The van der Waals surface area contributed by atoms with Gasteiger partial charge in [0.05, 0.1) is 34.2 Å². The van der Waals surface area contributed by atoms with Crippen LogP contribution in [0.5, 0.6) is 5.75 Å². The number of hydrogen-bond donors (Lipinski definition) is 0. The second-order valence-electron chi connectivity index (χ2n) is 21.8. The van der Waals surface area contributed by atoms with Gasteiger partial charge in [-0.15, -0.1) is 11.3 Å². The molecule has 1 aliphatic carbocycles. The molecule has 12 heterocycles. The van der Waals surface area contributed by atoms with Crippen LogP contribution >= 0.6 is 22.7 Å². The van der Waals surface area contributed by atoms with Gasteiger partial charge in [-0.3, -0.25) is 19.9 Å². The van der Waals surface area contributed by atoms with Crippen molar-refractivity contribution >= 4 is 91.3 Å². The molecule has 0 N–H and O–H groups in total. The summed E-state index contributed by atoms with van der Waals surface area (Å²) in [5.74, 6) is 0.721. The molecule has 14 heteroatoms. The number of thiophene rings is 2. The molecular formula is C74H42N10O2S2. The molecular weight excluding hydrogens is 1130 g/mol. The number of hydrogen-bond acceptors (Lipinski definition) is 14. The highest BCUT2D eigenvalue weighted by Gasteiger charge is 2.40. The number of fused-ring (bicyclic) bond motifs is 12. The van der Waals surface area contributed by atoms with Crippen LogP contribution in [-0.4, -0.2) is 55.9 Å². The van der Waals surface area contributed by atoms with Crippen LogP contribution in [0.2, 0.25) is 0 Å². The predicted molar refractivity (Wildman–Crippen MR) is 352 cm³/mol. The van der Waals surface area contributed by atoms with Crippen LogP contribution in [0.25, 0.3) is 158 Å². The van der Waals surface area contributed by atoms with E-state index in [1.165, 1.54) is 11.3 Å². The Balaban J connectivity index is 0.701. The van der Waals surface area contributed by atoms with E-state index in [1.807, 2.05) is 98.5 Å². The van der Waals surface area contributed by atoms with Crippen molar-refractivity contribution in [1.82, 2.24) is 49.8 Å². The Morgan fingerprint density at radius 1 is 0.386 bits per heavy atom. The summed E-state index contributed by atoms with van der Waals surface area (Å²) < 4.78 is 15.4. The lowest BCUT2D eigenvalue weighted by Gasteiger charge is -2.23. The quantitative estimate of drug-likeness (QED) is 0.135. The van der Waals surface area contributed by atoms with Crippen molar-refractivity contribution in [1.29, 1.82) is 0 Å². The van der Waals surface area contributed by atoms with E-state index in [9.17, 15) is 0 Å². The maximum atomic E-state index is 7.25. The third-order valence-corrected chi connectivity index (χ3v) is 19.0. The van der Waals surface area contributed by atoms with Crippen molar-refractivity contribution in [3.63, 3.8) is 0 Å². The summed E-state index contributed by atoms with van der Waals surface area (Å²) in [6, 6.07) is 54.6. The van der Waals surface area contributed by atoms with Crippen molar-refractivity contribution in [3.8, 4) is 95.2 Å². The normalized spacial score (nSPS) is 14.5. The van der Waals surface area contributed by atoms with Gasteiger partial charge in [0.1, 0.15) is 54.1 Å². The molecule has 0 spiro atoms. The summed E-state index contributed by atoms with van der Waals surface area (Å²) in [4.78, 5) is 51.1. The average Bonchev–Trinajstić information content (AvgIpc) is 1.70. The van der Waals surface area contributed by atoms with Crippen LogP contribution < -0.4 is 4.74 Å². The number of nitrogens with zero attached hydrogens (tertiary/aromatic N) is 10. The number of aromatic nitrogens is 10. The minimum absolute atomic E-state index is 0.0645. The number of pyridine rings is 6. The molecule has 18 rings (SSSR count). The average molecular weight is 1170 g/mol. The predicted octanol–water partition coefficient (Wildman–Crippen LogP) is 18.1. The first-order valence-electron chi connectivity index (χ1n) is 28.8. The first-order valence-corrected chi connectivity index (χ1v) is 30.4. The third kappa shape index (κ3) is 8.10. The van der Waals surface area contributed by atoms with Gasteiger partial charge in [0.15, 0.2) is 0 Å². The van der Waals surface area contributed by atoms with Gasteiger partial charge < -0.3 is 9.15 Å². The molecule has 2 aliphatic rings. The second-order valence-corrected chi connectivity index (χ2v) is 23.8. The van der Waals surface area contributed by atoms with Gasteiger partial charge in [0.2, 0.25) is 0 Å². The molecule has 12 nitrogen and oxygen atoms in total. The van der Waals surface area contributed by atoms with Crippen molar-refractivity contribution in [2.24, 2.45) is 0 Å². The monoisotopic (exact) mass is 1170 g/mol. The molecule has 88 heavy (non-hydrogen) atoms. The minimum atomic E-state index is -0.340. The molecule has 16 aromatic rings. The lowest BCUT2D eigenvalue weighted by molar-refractivity contribution is 0.279. The number of benzene rings is 5. The summed E-state index contributed by atoms with van der Waals surface area (Å²) >= 11 is 3.13. The maximum absolute atomic E-state index is 7.25. The van der Waals surface area contributed by atoms with Crippen LogP contribution in [0.15, 0.2) is 249 Å². The summed E-state index contributed by atoms with van der Waals surface area (Å²) in [5, 5.41) is 2.91. The van der Waals surface area contributed by atoms with E-state index in [1.54, 1.807) is 11.3 Å². The Morgan fingerprint density at radius 3 is 1.67 bits per heavy atom. The van der Waals surface area contributed by atoms with E-state index in [0.717, 1.165) is 164 Å². The van der Waals surface area contributed by atoms with Crippen molar-refractivity contribution < 1.29 is 9.15 Å². The number of furan rings is 1. The Kier molecular flexibility index (Phi) is 11.5. The van der Waals surface area contributed by atoms with E-state index in [4.69, 9.17) is 39.1 Å². The fourth-order valence-electron chi connectivity index (χ4n) is 12.9. The van der Waals surface area contributed by atoms with Crippen LogP contribution in [0.3, 0.4) is 0 Å². The van der Waals surface area contributed by atoms with Gasteiger partial charge in [-0.2, -0.15) is 0 Å². The van der Waals surface area contributed by atoms with E-state index >= 15 is 0 Å². The van der Waals surface area contributed by atoms with E-state index in [0.29, 0.717) is 11.4 Å². The van der Waals surface area contributed by atoms with Gasteiger partial charge >= 0.3 is 0 Å². The minimum Gasteiger partial charge on any atom is -0.484 e. The molecule has 0 saturated carbocycles. The number of ether oxygens (including phenoxy) is 1. The fraction of sp³-hybridized carbons (Fsp3) is 0.0270. The van der Waals surface area contributed by atoms with E-state index < -0.39 is 0 Å². The molecule has 2 atom stereocenters. The highest BCUT2D eigenvalue weighted by molar-refractivity contribution is 7.25. The fourth-order valence-corrected chi connectivity index (χ4v) is 14.7. The molecule has 5 aromatic carbocycles. The lowest BCUT2D eigenvalue weighted by Crippen LogP contribution is -2.21. The molecule has 1 aliphatic heterocycles. The third-order valence-electron chi connectivity index (χ3n) is 16.9. The highest BCUT2D eigenvalue weighted by atomic mass is 32.1. The first kappa shape index (κ1) is 50.0. The SMILES string of the molecule is C1=CC2c3cccc(-c4cnc5sc6ncc(-c7c(-c8ccncc8)cc(-c8ccncc8)cc7-c7ccncc7)cc6c5n4)c3OC2C(c2cccc3c2oc2c(-c4cnc5sc6ccc(-c7ccccc7-c7ccncc7)nc6c5n4)cccc23)=C1. The zero-order valence-electron chi connectivity index (χ0n) is 46.4. The van der Waals surface area contributed by atoms with Gasteiger partial charge in [0.25, 0.3) is 0 Å². The Morgan fingerprint density at radius 2 is 0.955 bits per heavy atom.